The zero-order valence-corrected chi connectivity index (χ0v) is 12.7. The standard InChI is InChI=1S/C16H25NO3/c1-4-6-7-13(5-2)11-20-12-15-9-8-14(10-17-15)16(18)19-3/h8-10,13H,4-7,11-12H2,1-3H3. The number of unbranched alkanes of at least 4 members (excludes halogenated alkanes) is 1. The second-order valence-corrected chi connectivity index (χ2v) is 4.96. The van der Waals surface area contributed by atoms with E-state index in [4.69, 9.17) is 4.74 Å². The van der Waals surface area contributed by atoms with Crippen molar-refractivity contribution in [3.05, 3.63) is 29.6 Å². The van der Waals surface area contributed by atoms with Crippen molar-refractivity contribution in [2.75, 3.05) is 13.7 Å². The number of ether oxygens (including phenoxy) is 2. The minimum Gasteiger partial charge on any atom is -0.465 e. The molecule has 1 heterocycles. The zero-order chi connectivity index (χ0) is 14.8. The molecule has 0 amide bonds. The first-order chi connectivity index (χ1) is 9.71. The lowest BCUT2D eigenvalue weighted by Gasteiger charge is -2.14. The fraction of sp³-hybridized carbons (Fsp3) is 0.625. The van der Waals surface area contributed by atoms with Crippen molar-refractivity contribution in [3.63, 3.8) is 0 Å². The number of esters is 1. The summed E-state index contributed by atoms with van der Waals surface area (Å²) < 4.78 is 10.3. The number of carbonyl (C=O) groups excluding carboxylic acids is 1. The highest BCUT2D eigenvalue weighted by Gasteiger charge is 2.08. The van der Waals surface area contributed by atoms with Gasteiger partial charge in [-0.05, 0) is 24.5 Å². The minimum absolute atomic E-state index is 0.365. The van der Waals surface area contributed by atoms with Crippen molar-refractivity contribution >= 4 is 5.97 Å². The summed E-state index contributed by atoms with van der Waals surface area (Å²) in [6.45, 7) is 5.68. The van der Waals surface area contributed by atoms with Gasteiger partial charge < -0.3 is 9.47 Å². The summed E-state index contributed by atoms with van der Waals surface area (Å²) in [5.74, 6) is 0.264. The number of carbonyl (C=O) groups is 1. The number of methoxy groups -OCH3 is 1. The molecule has 4 heteroatoms. The van der Waals surface area contributed by atoms with Gasteiger partial charge in [0.2, 0.25) is 0 Å². The molecule has 0 spiro atoms. The summed E-state index contributed by atoms with van der Waals surface area (Å²) in [6, 6.07) is 3.52. The van der Waals surface area contributed by atoms with Crippen LogP contribution >= 0.6 is 0 Å². The van der Waals surface area contributed by atoms with Gasteiger partial charge in [0.25, 0.3) is 0 Å². The van der Waals surface area contributed by atoms with Crippen molar-refractivity contribution < 1.29 is 14.3 Å². The molecule has 0 N–H and O–H groups in total. The molecule has 0 aromatic carbocycles. The molecule has 1 atom stereocenters. The Hall–Kier alpha value is -1.42. The summed E-state index contributed by atoms with van der Waals surface area (Å²) in [4.78, 5) is 15.5. The lowest BCUT2D eigenvalue weighted by atomic mass is 10.0. The van der Waals surface area contributed by atoms with E-state index in [9.17, 15) is 4.79 Å². The van der Waals surface area contributed by atoms with Crippen LogP contribution in [-0.4, -0.2) is 24.7 Å². The average molecular weight is 279 g/mol. The van der Waals surface area contributed by atoms with Crippen LogP contribution in [0.5, 0.6) is 0 Å². The van der Waals surface area contributed by atoms with Gasteiger partial charge in [-0.2, -0.15) is 0 Å². The second kappa shape index (κ2) is 9.48. The molecule has 0 fully saturated rings. The first-order valence-corrected chi connectivity index (χ1v) is 7.32. The van der Waals surface area contributed by atoms with E-state index < -0.39 is 0 Å². The van der Waals surface area contributed by atoms with Gasteiger partial charge in [0.05, 0.1) is 25.0 Å². The molecule has 0 bridgehead atoms. The lowest BCUT2D eigenvalue weighted by molar-refractivity contribution is 0.0599. The molecule has 1 aromatic rings. The highest BCUT2D eigenvalue weighted by molar-refractivity contribution is 5.88. The summed E-state index contributed by atoms with van der Waals surface area (Å²) in [7, 11) is 1.36. The normalized spacial score (nSPS) is 12.2. The molecule has 0 saturated carbocycles. The molecule has 20 heavy (non-hydrogen) atoms. The van der Waals surface area contributed by atoms with Crippen molar-refractivity contribution in [2.24, 2.45) is 5.92 Å². The van der Waals surface area contributed by atoms with Gasteiger partial charge in [-0.15, -0.1) is 0 Å². The number of nitrogens with zero attached hydrogens (tertiary/aromatic N) is 1. The van der Waals surface area contributed by atoms with Crippen LogP contribution in [0.1, 0.15) is 55.6 Å². The van der Waals surface area contributed by atoms with Crippen LogP contribution in [0.25, 0.3) is 0 Å². The van der Waals surface area contributed by atoms with Crippen LogP contribution in [-0.2, 0) is 16.1 Å². The Bertz CT molecular complexity index is 389. The minimum atomic E-state index is -0.365. The smallest absolute Gasteiger partial charge is 0.339 e. The van der Waals surface area contributed by atoms with Crippen LogP contribution < -0.4 is 0 Å². The highest BCUT2D eigenvalue weighted by Crippen LogP contribution is 2.13. The van der Waals surface area contributed by atoms with Crippen LogP contribution in [0.2, 0.25) is 0 Å². The van der Waals surface area contributed by atoms with Crippen LogP contribution in [0.15, 0.2) is 18.3 Å². The van der Waals surface area contributed by atoms with E-state index in [2.05, 4.69) is 23.6 Å². The third kappa shape index (κ3) is 5.70. The van der Waals surface area contributed by atoms with Crippen LogP contribution in [0.4, 0.5) is 0 Å². The Morgan fingerprint density at radius 1 is 1.35 bits per heavy atom. The van der Waals surface area contributed by atoms with Gasteiger partial charge in [0.15, 0.2) is 0 Å². The maximum atomic E-state index is 11.3. The SMILES string of the molecule is CCCCC(CC)COCc1ccc(C(=O)OC)cn1. The van der Waals surface area contributed by atoms with Gasteiger partial charge in [-0.3, -0.25) is 4.98 Å². The van der Waals surface area contributed by atoms with E-state index in [1.807, 2.05) is 0 Å². The summed E-state index contributed by atoms with van der Waals surface area (Å²) in [5.41, 5.74) is 1.30. The largest absolute Gasteiger partial charge is 0.465 e. The van der Waals surface area contributed by atoms with Crippen LogP contribution in [0, 0.1) is 5.92 Å². The predicted molar refractivity (Wildman–Crippen MR) is 78.5 cm³/mol. The molecule has 4 nitrogen and oxygen atoms in total. The number of pyridine rings is 1. The van der Waals surface area contributed by atoms with Crippen molar-refractivity contribution in [1.29, 1.82) is 0 Å². The van der Waals surface area contributed by atoms with Crippen molar-refractivity contribution in [1.82, 2.24) is 4.98 Å². The molecule has 1 rings (SSSR count). The van der Waals surface area contributed by atoms with Crippen molar-refractivity contribution in [3.8, 4) is 0 Å². The fourth-order valence-corrected chi connectivity index (χ4v) is 1.98. The highest BCUT2D eigenvalue weighted by atomic mass is 16.5. The van der Waals surface area contributed by atoms with Gasteiger partial charge in [0, 0.05) is 12.8 Å². The van der Waals surface area contributed by atoms with E-state index in [-0.39, 0.29) is 5.97 Å². The molecule has 1 unspecified atom stereocenters. The molecule has 112 valence electrons. The number of hydrogen-bond donors (Lipinski definition) is 0. The third-order valence-corrected chi connectivity index (χ3v) is 3.39. The van der Waals surface area contributed by atoms with Gasteiger partial charge in [-0.25, -0.2) is 4.79 Å². The third-order valence-electron chi connectivity index (χ3n) is 3.39. The summed E-state index contributed by atoms with van der Waals surface area (Å²) in [5, 5.41) is 0. The van der Waals surface area contributed by atoms with Gasteiger partial charge >= 0.3 is 5.97 Å². The van der Waals surface area contributed by atoms with E-state index in [1.54, 1.807) is 12.1 Å². The van der Waals surface area contributed by atoms with E-state index in [0.717, 1.165) is 18.7 Å². The summed E-state index contributed by atoms with van der Waals surface area (Å²) in [6.07, 6.45) is 6.39. The molecule has 0 radical (unpaired) electrons. The second-order valence-electron chi connectivity index (χ2n) is 4.96. The monoisotopic (exact) mass is 279 g/mol. The Kier molecular flexibility index (Phi) is 7.88. The summed E-state index contributed by atoms with van der Waals surface area (Å²) >= 11 is 0. The maximum Gasteiger partial charge on any atom is 0.339 e. The van der Waals surface area contributed by atoms with E-state index in [1.165, 1.54) is 32.6 Å². The van der Waals surface area contributed by atoms with Crippen molar-refractivity contribution in [2.45, 2.75) is 46.1 Å². The lowest BCUT2D eigenvalue weighted by Crippen LogP contribution is -2.09. The maximum absolute atomic E-state index is 11.3. The van der Waals surface area contributed by atoms with E-state index in [0.29, 0.717) is 18.1 Å². The zero-order valence-electron chi connectivity index (χ0n) is 12.7. The Morgan fingerprint density at radius 2 is 2.15 bits per heavy atom. The van der Waals surface area contributed by atoms with Gasteiger partial charge in [0.1, 0.15) is 0 Å². The topological polar surface area (TPSA) is 48.4 Å². The first kappa shape index (κ1) is 16.6. The Balaban J connectivity index is 2.36. The molecular formula is C16H25NO3. The molecular weight excluding hydrogens is 254 g/mol. The van der Waals surface area contributed by atoms with Gasteiger partial charge in [-0.1, -0.05) is 33.1 Å². The molecule has 0 saturated heterocycles. The Labute approximate surface area is 121 Å². The average Bonchev–Trinajstić information content (AvgIpc) is 2.50. The van der Waals surface area contributed by atoms with Crippen LogP contribution in [0.3, 0.4) is 0 Å². The molecule has 0 aliphatic heterocycles. The predicted octanol–water partition coefficient (Wildman–Crippen LogP) is 3.60. The molecule has 0 aliphatic rings. The molecule has 1 aromatic heterocycles. The number of hydrogen-bond acceptors (Lipinski definition) is 4. The number of aromatic nitrogens is 1. The number of rotatable bonds is 9. The fourth-order valence-electron chi connectivity index (χ4n) is 1.98. The molecule has 0 aliphatic carbocycles. The Morgan fingerprint density at radius 3 is 2.70 bits per heavy atom. The quantitative estimate of drug-likeness (QED) is 0.648. The van der Waals surface area contributed by atoms with E-state index >= 15 is 0 Å². The first-order valence-electron chi connectivity index (χ1n) is 7.32.